The molecule has 13 heavy (non-hydrogen) atoms. The van der Waals surface area contributed by atoms with Crippen LogP contribution in [-0.4, -0.2) is 4.98 Å². The minimum Gasteiger partial charge on any atom is -0.693 e. The van der Waals surface area contributed by atoms with E-state index < -0.39 is 0 Å². The first-order valence-electron chi connectivity index (χ1n) is 2.96. The number of halogens is 1. The maximum Gasteiger partial charge on any atom is 1.00 e. The van der Waals surface area contributed by atoms with Crippen molar-refractivity contribution >= 4 is 11.6 Å². The summed E-state index contributed by atoms with van der Waals surface area (Å²) in [7, 11) is 0. The van der Waals surface area contributed by atoms with Crippen LogP contribution in [0.25, 0.3) is 6.15 Å². The van der Waals surface area contributed by atoms with Crippen LogP contribution in [0.2, 0.25) is 5.15 Å². The first-order valence-corrected chi connectivity index (χ1v) is 3.34. The average Bonchev–Trinajstić information content (AvgIpc) is 1.94. The molecule has 0 radical (unpaired) electrons. The van der Waals surface area contributed by atoms with Crippen LogP contribution < -0.4 is 116 Å². The Kier molecular flexibility index (Phi) is 55.6. The Labute approximate surface area is 185 Å². The van der Waals surface area contributed by atoms with Gasteiger partial charge in [-0.2, -0.15) is 0 Å². The largest absolute Gasteiger partial charge is 1.00 e. The maximum atomic E-state index is 5.43. The molecule has 2 nitrogen and oxygen atoms in total. The summed E-state index contributed by atoms with van der Waals surface area (Å²) in [6.07, 6.45) is 1.66. The zero-order valence-corrected chi connectivity index (χ0v) is 19.8. The van der Waals surface area contributed by atoms with Crippen LogP contribution in [0.4, 0.5) is 0 Å². The van der Waals surface area contributed by atoms with Gasteiger partial charge in [-0.05, 0) is 12.1 Å². The number of pyridine rings is 1. The molecular weight excluding hydrogens is 330 g/mol. The molecule has 1 aromatic heterocycles. The van der Waals surface area contributed by atoms with Crippen molar-refractivity contribution in [3.63, 3.8) is 0 Å². The molecule has 0 aliphatic carbocycles. The molecule has 1 rings (SSSR count). The number of aromatic nitrogens is 1. The van der Waals surface area contributed by atoms with Crippen molar-refractivity contribution in [1.82, 2.24) is 4.98 Å². The van der Waals surface area contributed by atoms with Gasteiger partial charge in [0.2, 0.25) is 0 Å². The van der Waals surface area contributed by atoms with E-state index in [9.17, 15) is 0 Å². The molecule has 0 saturated heterocycles. The summed E-state index contributed by atoms with van der Waals surface area (Å²) < 4.78 is 0. The van der Waals surface area contributed by atoms with Crippen LogP contribution in [0.1, 0.15) is 13.8 Å². The number of hydrogen-bond donors (Lipinski definition) is 0. The van der Waals surface area contributed by atoms with Crippen LogP contribution in [0, 0.1) is 7.43 Å². The van der Waals surface area contributed by atoms with Gasteiger partial charge in [-0.25, -0.2) is 4.98 Å². The van der Waals surface area contributed by atoms with Crippen LogP contribution in [0.3, 0.4) is 0 Å². The first-order chi connectivity index (χ1) is 4.39. The molecule has 0 aliphatic heterocycles. The second-order valence-electron chi connectivity index (χ2n) is 1.15. The van der Waals surface area contributed by atoms with E-state index in [1.807, 2.05) is 26.0 Å². The summed E-state index contributed by atoms with van der Waals surface area (Å²) in [6, 6.07) is 5.41. The topological polar surface area (TPSA) is 46.4 Å². The molecule has 0 aromatic carbocycles. The third-order valence-corrected chi connectivity index (χ3v) is 0.852. The van der Waals surface area contributed by atoms with Gasteiger partial charge in [-0.15, -0.1) is 0 Å². The molecule has 0 bridgehead atoms. The standard InChI is InChI=1S/C5H4ClN.C2H6.CH3.H2N.2Rb/c6-5-3-1-2-4-7-5;1-2;;;;/h1-4H;1-2H3;1H3;1H2;;/q;;2*-1;2*+1. The number of nitrogens with two attached hydrogens (primary N) is 1. The van der Waals surface area contributed by atoms with Crippen molar-refractivity contribution in [3.8, 4) is 0 Å². The van der Waals surface area contributed by atoms with Gasteiger partial charge in [0.1, 0.15) is 5.15 Å². The summed E-state index contributed by atoms with van der Waals surface area (Å²) in [6.45, 7) is 4.00. The zero-order chi connectivity index (χ0) is 7.11. The van der Waals surface area contributed by atoms with Gasteiger partial charge in [0, 0.05) is 6.20 Å². The summed E-state index contributed by atoms with van der Waals surface area (Å²) in [5.41, 5.74) is 0. The molecular formula is C8H15ClN2Rb2. The summed E-state index contributed by atoms with van der Waals surface area (Å²) >= 11 is 5.43. The van der Waals surface area contributed by atoms with E-state index in [1.54, 1.807) is 12.3 Å². The average molecular weight is 346 g/mol. The third kappa shape index (κ3) is 21.0. The molecule has 0 amide bonds. The fourth-order valence-corrected chi connectivity index (χ4v) is 0.471. The number of nitrogens with zero attached hydrogens (tertiary/aromatic N) is 1. The monoisotopic (exact) mass is 344 g/mol. The molecule has 0 atom stereocenters. The zero-order valence-electron chi connectivity index (χ0n) is 9.21. The van der Waals surface area contributed by atoms with Gasteiger partial charge < -0.3 is 13.6 Å². The van der Waals surface area contributed by atoms with E-state index in [4.69, 9.17) is 11.6 Å². The third-order valence-electron chi connectivity index (χ3n) is 0.629. The fourth-order valence-electron chi connectivity index (χ4n) is 0.342. The van der Waals surface area contributed by atoms with E-state index in [0.717, 1.165) is 0 Å². The maximum absolute atomic E-state index is 5.43. The van der Waals surface area contributed by atoms with Crippen LogP contribution in [-0.2, 0) is 0 Å². The molecule has 1 heterocycles. The molecule has 1 aromatic rings. The fraction of sp³-hybridized carbons (Fsp3) is 0.250. The second-order valence-corrected chi connectivity index (χ2v) is 1.54. The van der Waals surface area contributed by atoms with Crippen molar-refractivity contribution < 1.29 is 116 Å². The van der Waals surface area contributed by atoms with Crippen molar-refractivity contribution in [2.75, 3.05) is 0 Å². The molecule has 0 saturated carbocycles. The Hall–Kier alpha value is 3.01. The predicted molar refractivity (Wildman–Crippen MR) is 52.3 cm³/mol. The Balaban J connectivity index is -0.0000000335. The molecule has 0 unspecified atom stereocenters. The Morgan fingerprint density at radius 1 is 1.15 bits per heavy atom. The van der Waals surface area contributed by atoms with Crippen molar-refractivity contribution in [2.45, 2.75) is 13.8 Å². The van der Waals surface area contributed by atoms with Gasteiger partial charge >= 0.3 is 116 Å². The summed E-state index contributed by atoms with van der Waals surface area (Å²) in [5, 5.41) is 0.544. The van der Waals surface area contributed by atoms with E-state index in [2.05, 4.69) is 4.98 Å². The van der Waals surface area contributed by atoms with Gasteiger partial charge in [0.15, 0.2) is 0 Å². The Morgan fingerprint density at radius 2 is 1.62 bits per heavy atom. The van der Waals surface area contributed by atoms with Gasteiger partial charge in [0.25, 0.3) is 0 Å². The van der Waals surface area contributed by atoms with Crippen LogP contribution in [0.5, 0.6) is 0 Å². The number of rotatable bonds is 0. The van der Waals surface area contributed by atoms with Crippen LogP contribution >= 0.6 is 11.6 Å². The molecule has 0 fully saturated rings. The SMILES string of the molecule is CC.Clc1ccccn1.[CH3-].[NH2-].[Rb+].[Rb+]. The molecule has 0 aliphatic rings. The van der Waals surface area contributed by atoms with Crippen LogP contribution in [0.15, 0.2) is 24.4 Å². The van der Waals surface area contributed by atoms with Gasteiger partial charge in [-0.1, -0.05) is 31.5 Å². The first kappa shape index (κ1) is 29.8. The normalized spacial score (nSPS) is 5.15. The minimum atomic E-state index is 0. The molecule has 2 N–H and O–H groups in total. The second kappa shape index (κ2) is 24.3. The molecule has 66 valence electrons. The number of hydrogen-bond acceptors (Lipinski definition) is 1. The van der Waals surface area contributed by atoms with E-state index in [-0.39, 0.29) is 130 Å². The quantitative estimate of drug-likeness (QED) is 0.394. The predicted octanol–water partition coefficient (Wildman–Crippen LogP) is -2.06. The Bertz CT molecular complexity index is 150. The molecule has 0 spiro atoms. The summed E-state index contributed by atoms with van der Waals surface area (Å²) in [5.74, 6) is 0. The van der Waals surface area contributed by atoms with Crippen molar-refractivity contribution in [3.05, 3.63) is 43.1 Å². The van der Waals surface area contributed by atoms with Gasteiger partial charge in [-0.3, -0.25) is 0 Å². The molecule has 5 heteroatoms. The minimum absolute atomic E-state index is 0. The van der Waals surface area contributed by atoms with E-state index >= 15 is 0 Å². The van der Waals surface area contributed by atoms with E-state index in [0.29, 0.717) is 5.15 Å². The summed E-state index contributed by atoms with van der Waals surface area (Å²) in [4.78, 5) is 3.74. The van der Waals surface area contributed by atoms with Gasteiger partial charge in [0.05, 0.1) is 0 Å². The Morgan fingerprint density at radius 3 is 1.77 bits per heavy atom. The smallest absolute Gasteiger partial charge is 0.693 e. The van der Waals surface area contributed by atoms with Crippen molar-refractivity contribution in [1.29, 1.82) is 0 Å². The van der Waals surface area contributed by atoms with Crippen molar-refractivity contribution in [2.24, 2.45) is 0 Å². The van der Waals surface area contributed by atoms with E-state index in [1.165, 1.54) is 0 Å².